The number of ether oxygens (including phenoxy) is 1. The van der Waals surface area contributed by atoms with Gasteiger partial charge in [0.2, 0.25) is 0 Å². The Morgan fingerprint density at radius 2 is 1.86 bits per heavy atom. The predicted octanol–water partition coefficient (Wildman–Crippen LogP) is 4.51. The van der Waals surface area contributed by atoms with E-state index in [-0.39, 0.29) is 6.04 Å². The zero-order chi connectivity index (χ0) is 15.5. The highest BCUT2D eigenvalue weighted by Gasteiger charge is 2.18. The van der Waals surface area contributed by atoms with Crippen molar-refractivity contribution in [3.05, 3.63) is 47.6 Å². The number of hydrogen-bond acceptors (Lipinski definition) is 5. The summed E-state index contributed by atoms with van der Waals surface area (Å²) >= 11 is 1.63. The van der Waals surface area contributed by atoms with Crippen LogP contribution in [0.25, 0.3) is 10.2 Å². The van der Waals surface area contributed by atoms with E-state index < -0.39 is 0 Å². The smallest absolute Gasteiger partial charge is 0.138 e. The van der Waals surface area contributed by atoms with Crippen LogP contribution in [0.5, 0.6) is 5.75 Å². The minimum Gasteiger partial charge on any atom is -0.497 e. The molecule has 1 atom stereocenters. The molecule has 114 valence electrons. The summed E-state index contributed by atoms with van der Waals surface area (Å²) in [6.45, 7) is 4.40. The van der Waals surface area contributed by atoms with Gasteiger partial charge in [-0.05, 0) is 35.1 Å². The Bertz CT molecular complexity index is 752. The van der Waals surface area contributed by atoms with E-state index in [2.05, 4.69) is 47.3 Å². The molecule has 0 radical (unpaired) electrons. The molecule has 1 N–H and O–H groups in total. The Balaban J connectivity index is 1.92. The van der Waals surface area contributed by atoms with Gasteiger partial charge in [-0.15, -0.1) is 11.3 Å². The van der Waals surface area contributed by atoms with Crippen LogP contribution in [0.1, 0.15) is 25.5 Å². The summed E-state index contributed by atoms with van der Waals surface area (Å²) in [4.78, 5) is 9.73. The van der Waals surface area contributed by atoms with Crippen molar-refractivity contribution >= 4 is 27.4 Å². The zero-order valence-electron chi connectivity index (χ0n) is 12.9. The van der Waals surface area contributed by atoms with E-state index in [1.165, 1.54) is 5.56 Å². The van der Waals surface area contributed by atoms with Crippen molar-refractivity contribution in [1.29, 1.82) is 0 Å². The molecule has 2 heterocycles. The van der Waals surface area contributed by atoms with Gasteiger partial charge < -0.3 is 10.1 Å². The fourth-order valence-corrected chi connectivity index (χ4v) is 3.23. The molecule has 0 aliphatic carbocycles. The number of aromatic nitrogens is 2. The average Bonchev–Trinajstić information content (AvgIpc) is 3.02. The van der Waals surface area contributed by atoms with Gasteiger partial charge in [-0.2, -0.15) is 0 Å². The molecule has 4 nitrogen and oxygen atoms in total. The highest BCUT2D eigenvalue weighted by molar-refractivity contribution is 7.16. The van der Waals surface area contributed by atoms with Crippen LogP contribution in [-0.4, -0.2) is 17.1 Å². The molecule has 5 heteroatoms. The molecule has 0 aliphatic heterocycles. The average molecular weight is 313 g/mol. The Morgan fingerprint density at radius 1 is 1.09 bits per heavy atom. The molecule has 0 amide bonds. The Labute approximate surface area is 134 Å². The lowest BCUT2D eigenvalue weighted by atomic mass is 9.96. The molecule has 0 saturated carbocycles. The Hall–Kier alpha value is -2.14. The number of methoxy groups -OCH3 is 1. The third kappa shape index (κ3) is 2.90. The summed E-state index contributed by atoms with van der Waals surface area (Å²) in [5.41, 5.74) is 1.22. The predicted molar refractivity (Wildman–Crippen MR) is 91.6 cm³/mol. The van der Waals surface area contributed by atoms with E-state index in [9.17, 15) is 0 Å². The van der Waals surface area contributed by atoms with Crippen LogP contribution in [0.3, 0.4) is 0 Å². The molecule has 0 aliphatic rings. The van der Waals surface area contributed by atoms with Crippen molar-refractivity contribution in [3.8, 4) is 5.75 Å². The normalized spacial score (nSPS) is 12.5. The first-order chi connectivity index (χ1) is 10.7. The van der Waals surface area contributed by atoms with Crippen molar-refractivity contribution in [3.63, 3.8) is 0 Å². The maximum Gasteiger partial charge on any atom is 0.138 e. The highest BCUT2D eigenvalue weighted by atomic mass is 32.1. The van der Waals surface area contributed by atoms with Gasteiger partial charge in [0.1, 0.15) is 22.7 Å². The summed E-state index contributed by atoms with van der Waals surface area (Å²) in [5, 5.41) is 6.70. The molecule has 3 rings (SSSR count). The monoisotopic (exact) mass is 313 g/mol. The number of nitrogens with one attached hydrogen (secondary N) is 1. The number of rotatable bonds is 5. The van der Waals surface area contributed by atoms with E-state index in [4.69, 9.17) is 4.74 Å². The second kappa shape index (κ2) is 6.32. The van der Waals surface area contributed by atoms with Gasteiger partial charge in [-0.25, -0.2) is 9.97 Å². The van der Waals surface area contributed by atoms with E-state index >= 15 is 0 Å². The number of anilines is 1. The lowest BCUT2D eigenvalue weighted by molar-refractivity contribution is 0.414. The quantitative estimate of drug-likeness (QED) is 0.753. The van der Waals surface area contributed by atoms with Crippen LogP contribution in [-0.2, 0) is 0 Å². The molecule has 1 aromatic carbocycles. The first-order valence-electron chi connectivity index (χ1n) is 7.27. The highest BCUT2D eigenvalue weighted by Crippen LogP contribution is 2.31. The fourth-order valence-electron chi connectivity index (χ4n) is 2.50. The van der Waals surface area contributed by atoms with Gasteiger partial charge in [0, 0.05) is 0 Å². The van der Waals surface area contributed by atoms with Gasteiger partial charge >= 0.3 is 0 Å². The van der Waals surface area contributed by atoms with E-state index in [1.54, 1.807) is 24.8 Å². The first kappa shape index (κ1) is 14.8. The molecule has 0 bridgehead atoms. The van der Waals surface area contributed by atoms with Crippen molar-refractivity contribution in [1.82, 2.24) is 9.97 Å². The summed E-state index contributed by atoms with van der Waals surface area (Å²) in [5.74, 6) is 2.19. The minimum absolute atomic E-state index is 0.184. The summed E-state index contributed by atoms with van der Waals surface area (Å²) in [6, 6.07) is 10.4. The fraction of sp³-hybridized carbons (Fsp3) is 0.294. The molecule has 3 aromatic rings. The minimum atomic E-state index is 0.184. The van der Waals surface area contributed by atoms with Crippen LogP contribution in [0.4, 0.5) is 5.82 Å². The summed E-state index contributed by atoms with van der Waals surface area (Å²) < 4.78 is 5.24. The summed E-state index contributed by atoms with van der Waals surface area (Å²) in [7, 11) is 1.68. The molecular weight excluding hydrogens is 294 g/mol. The number of hydrogen-bond donors (Lipinski definition) is 1. The van der Waals surface area contributed by atoms with Gasteiger partial charge in [-0.1, -0.05) is 26.0 Å². The Morgan fingerprint density at radius 3 is 2.55 bits per heavy atom. The molecular formula is C17H19N3OS. The largest absolute Gasteiger partial charge is 0.497 e. The number of nitrogens with zero attached hydrogens (tertiary/aromatic N) is 2. The van der Waals surface area contributed by atoms with E-state index in [0.29, 0.717) is 5.92 Å². The number of benzene rings is 1. The lowest BCUT2D eigenvalue weighted by Crippen LogP contribution is -2.17. The maximum absolute atomic E-state index is 5.24. The van der Waals surface area contributed by atoms with Crippen molar-refractivity contribution in [2.24, 2.45) is 5.92 Å². The van der Waals surface area contributed by atoms with Crippen LogP contribution in [0.2, 0.25) is 0 Å². The first-order valence-corrected chi connectivity index (χ1v) is 8.15. The standard InChI is InChI=1S/C17H19N3OS/c1-11(2)15(12-4-6-13(21-3)7-5-12)20-16-14-8-9-22-17(14)19-10-18-16/h4-11,15H,1-3H3,(H,18,19,20). The molecule has 2 aromatic heterocycles. The van der Waals surface area contributed by atoms with Crippen molar-refractivity contribution in [2.75, 3.05) is 12.4 Å². The molecule has 0 saturated heterocycles. The van der Waals surface area contributed by atoms with Gasteiger partial charge in [-0.3, -0.25) is 0 Å². The third-order valence-corrected chi connectivity index (χ3v) is 4.52. The lowest BCUT2D eigenvalue weighted by Gasteiger charge is -2.24. The topological polar surface area (TPSA) is 47.0 Å². The Kier molecular flexibility index (Phi) is 4.24. The third-order valence-electron chi connectivity index (χ3n) is 3.70. The van der Waals surface area contributed by atoms with Gasteiger partial charge in [0.15, 0.2) is 0 Å². The molecule has 0 fully saturated rings. The van der Waals surface area contributed by atoms with Crippen LogP contribution < -0.4 is 10.1 Å². The van der Waals surface area contributed by atoms with Crippen LogP contribution >= 0.6 is 11.3 Å². The molecule has 1 unspecified atom stereocenters. The molecule has 0 spiro atoms. The number of thiophene rings is 1. The van der Waals surface area contributed by atoms with E-state index in [1.807, 2.05) is 17.5 Å². The second-order valence-electron chi connectivity index (χ2n) is 5.50. The number of fused-ring (bicyclic) bond motifs is 1. The van der Waals surface area contributed by atoms with Gasteiger partial charge in [0.25, 0.3) is 0 Å². The van der Waals surface area contributed by atoms with E-state index in [0.717, 1.165) is 21.8 Å². The SMILES string of the molecule is COc1ccc(C(Nc2ncnc3sccc23)C(C)C)cc1. The van der Waals surface area contributed by atoms with Crippen LogP contribution in [0.15, 0.2) is 42.0 Å². The van der Waals surface area contributed by atoms with Crippen molar-refractivity contribution < 1.29 is 4.74 Å². The summed E-state index contributed by atoms with van der Waals surface area (Å²) in [6.07, 6.45) is 1.62. The van der Waals surface area contributed by atoms with Crippen LogP contribution in [0, 0.1) is 5.92 Å². The second-order valence-corrected chi connectivity index (χ2v) is 6.40. The molecule has 22 heavy (non-hydrogen) atoms. The zero-order valence-corrected chi connectivity index (χ0v) is 13.7. The maximum atomic E-state index is 5.24. The van der Waals surface area contributed by atoms with Gasteiger partial charge in [0.05, 0.1) is 18.5 Å². The van der Waals surface area contributed by atoms with Crippen molar-refractivity contribution in [2.45, 2.75) is 19.9 Å².